The molecule has 0 spiro atoms. The Kier molecular flexibility index (Phi) is 5.47. The quantitative estimate of drug-likeness (QED) is 0.583. The van der Waals surface area contributed by atoms with Crippen LogP contribution in [-0.4, -0.2) is 56.1 Å². The maximum atomic E-state index is 13.0. The standard InChI is InChI=1S/C23H28N6O4/c30-23-16(8-15-9-20-21(33-14-32-20)10-19(15)24-23)11-28(12-18-6-3-7-31-18)13-22-25-26-27-29(22)17-4-1-2-5-17/h8-10,17-18H,1-7,11-14H2,(H,24,30)/t18-/m0/s1. The van der Waals surface area contributed by atoms with Gasteiger partial charge in [-0.3, -0.25) is 9.69 Å². The van der Waals surface area contributed by atoms with Gasteiger partial charge in [-0.2, -0.15) is 0 Å². The lowest BCUT2D eigenvalue weighted by atomic mass is 10.1. The molecule has 0 radical (unpaired) electrons. The molecule has 1 atom stereocenters. The number of fused-ring (bicyclic) bond motifs is 2. The monoisotopic (exact) mass is 452 g/mol. The van der Waals surface area contributed by atoms with Crippen molar-refractivity contribution >= 4 is 10.9 Å². The molecule has 10 heteroatoms. The number of benzene rings is 1. The number of H-pyrrole nitrogens is 1. The first kappa shape index (κ1) is 20.6. The lowest BCUT2D eigenvalue weighted by Gasteiger charge is -2.25. The predicted molar refractivity (Wildman–Crippen MR) is 119 cm³/mol. The Hall–Kier alpha value is -2.98. The zero-order valence-electron chi connectivity index (χ0n) is 18.5. The van der Waals surface area contributed by atoms with Gasteiger partial charge in [0.15, 0.2) is 17.3 Å². The van der Waals surface area contributed by atoms with E-state index in [1.807, 2.05) is 22.9 Å². The summed E-state index contributed by atoms with van der Waals surface area (Å²) >= 11 is 0. The fourth-order valence-electron chi connectivity index (χ4n) is 5.21. The molecule has 2 fully saturated rings. The molecule has 1 saturated heterocycles. The molecular formula is C23H28N6O4. The fraction of sp³-hybridized carbons (Fsp3) is 0.565. The zero-order chi connectivity index (χ0) is 22.2. The third-order valence-corrected chi connectivity index (χ3v) is 6.89. The molecule has 0 amide bonds. The topological polar surface area (TPSA) is 107 Å². The van der Waals surface area contributed by atoms with Crippen molar-refractivity contribution in [1.82, 2.24) is 30.1 Å². The summed E-state index contributed by atoms with van der Waals surface area (Å²) in [5.41, 5.74) is 1.33. The lowest BCUT2D eigenvalue weighted by Crippen LogP contribution is -2.34. The van der Waals surface area contributed by atoms with E-state index in [9.17, 15) is 4.79 Å². The molecule has 1 aliphatic carbocycles. The van der Waals surface area contributed by atoms with Gasteiger partial charge in [-0.25, -0.2) is 4.68 Å². The second-order valence-corrected chi connectivity index (χ2v) is 9.20. The highest BCUT2D eigenvalue weighted by molar-refractivity contribution is 5.83. The van der Waals surface area contributed by atoms with E-state index >= 15 is 0 Å². The molecule has 3 aliphatic rings. The Bertz CT molecular complexity index is 1200. The first-order chi connectivity index (χ1) is 16.2. The highest BCUT2D eigenvalue weighted by Gasteiger charge is 2.25. The van der Waals surface area contributed by atoms with Crippen LogP contribution < -0.4 is 15.0 Å². The van der Waals surface area contributed by atoms with Crippen molar-refractivity contribution in [2.45, 2.75) is 63.8 Å². The third-order valence-electron chi connectivity index (χ3n) is 6.89. The molecular weight excluding hydrogens is 424 g/mol. The number of nitrogens with zero attached hydrogens (tertiary/aromatic N) is 5. The number of hydrogen-bond donors (Lipinski definition) is 1. The number of rotatable bonds is 7. The van der Waals surface area contributed by atoms with Gasteiger partial charge in [-0.1, -0.05) is 12.8 Å². The van der Waals surface area contributed by atoms with E-state index in [1.54, 1.807) is 0 Å². The first-order valence-corrected chi connectivity index (χ1v) is 11.8. The van der Waals surface area contributed by atoms with Crippen LogP contribution in [0.15, 0.2) is 23.0 Å². The largest absolute Gasteiger partial charge is 0.454 e. The number of hydrogen-bond acceptors (Lipinski definition) is 8. The van der Waals surface area contributed by atoms with Gasteiger partial charge in [-0.05, 0) is 48.2 Å². The smallest absolute Gasteiger partial charge is 0.252 e. The Morgan fingerprint density at radius 3 is 2.73 bits per heavy atom. The molecule has 1 N–H and O–H groups in total. The minimum atomic E-state index is -0.103. The van der Waals surface area contributed by atoms with E-state index < -0.39 is 0 Å². The van der Waals surface area contributed by atoms with Crippen molar-refractivity contribution in [2.24, 2.45) is 0 Å². The molecule has 33 heavy (non-hydrogen) atoms. The summed E-state index contributed by atoms with van der Waals surface area (Å²) in [5, 5.41) is 13.5. The Balaban J connectivity index is 1.28. The van der Waals surface area contributed by atoms with Gasteiger partial charge in [0.25, 0.3) is 5.56 Å². The second-order valence-electron chi connectivity index (χ2n) is 9.20. The van der Waals surface area contributed by atoms with Crippen LogP contribution in [0.25, 0.3) is 10.9 Å². The fourth-order valence-corrected chi connectivity index (χ4v) is 5.21. The van der Waals surface area contributed by atoms with Crippen molar-refractivity contribution in [3.63, 3.8) is 0 Å². The first-order valence-electron chi connectivity index (χ1n) is 11.8. The van der Waals surface area contributed by atoms with Crippen molar-refractivity contribution in [3.8, 4) is 11.5 Å². The third kappa shape index (κ3) is 4.20. The van der Waals surface area contributed by atoms with Crippen LogP contribution >= 0.6 is 0 Å². The minimum Gasteiger partial charge on any atom is -0.454 e. The van der Waals surface area contributed by atoms with Crippen molar-refractivity contribution < 1.29 is 14.2 Å². The number of tetrazole rings is 1. The van der Waals surface area contributed by atoms with Crippen LogP contribution in [-0.2, 0) is 17.8 Å². The summed E-state index contributed by atoms with van der Waals surface area (Å²) in [4.78, 5) is 18.2. The Morgan fingerprint density at radius 1 is 1.06 bits per heavy atom. The van der Waals surface area contributed by atoms with Crippen LogP contribution in [0.2, 0.25) is 0 Å². The number of nitrogens with one attached hydrogen (secondary N) is 1. The van der Waals surface area contributed by atoms with Gasteiger partial charge >= 0.3 is 0 Å². The summed E-state index contributed by atoms with van der Waals surface area (Å²) in [6.45, 7) is 2.78. The summed E-state index contributed by atoms with van der Waals surface area (Å²) in [6.07, 6.45) is 6.93. The lowest BCUT2D eigenvalue weighted by molar-refractivity contribution is 0.0661. The van der Waals surface area contributed by atoms with Crippen molar-refractivity contribution in [3.05, 3.63) is 39.9 Å². The molecule has 0 bridgehead atoms. The van der Waals surface area contributed by atoms with E-state index in [1.165, 1.54) is 12.8 Å². The van der Waals surface area contributed by atoms with E-state index in [-0.39, 0.29) is 18.5 Å². The minimum absolute atomic E-state index is 0.103. The molecule has 174 valence electrons. The number of aromatic nitrogens is 5. The summed E-state index contributed by atoms with van der Waals surface area (Å²) in [6, 6.07) is 6.05. The van der Waals surface area contributed by atoms with Gasteiger partial charge in [0.05, 0.1) is 24.2 Å². The van der Waals surface area contributed by atoms with Gasteiger partial charge in [-0.15, -0.1) is 5.10 Å². The number of ether oxygens (including phenoxy) is 3. The maximum absolute atomic E-state index is 13.0. The molecule has 2 aromatic heterocycles. The normalized spacial score (nSPS) is 20.5. The second kappa shape index (κ2) is 8.75. The van der Waals surface area contributed by atoms with E-state index in [2.05, 4.69) is 25.4 Å². The maximum Gasteiger partial charge on any atom is 0.252 e. The number of aromatic amines is 1. The van der Waals surface area contributed by atoms with Gasteiger partial charge < -0.3 is 19.2 Å². The zero-order valence-corrected chi connectivity index (χ0v) is 18.5. The molecule has 10 nitrogen and oxygen atoms in total. The molecule has 4 heterocycles. The molecule has 2 aliphatic heterocycles. The van der Waals surface area contributed by atoms with Crippen LogP contribution in [0.3, 0.4) is 0 Å². The van der Waals surface area contributed by atoms with E-state index in [0.717, 1.165) is 55.6 Å². The molecule has 3 aromatic rings. The van der Waals surface area contributed by atoms with Gasteiger partial charge in [0.1, 0.15) is 0 Å². The molecule has 0 unspecified atom stereocenters. The average molecular weight is 453 g/mol. The predicted octanol–water partition coefficient (Wildman–Crippen LogP) is 2.54. The van der Waals surface area contributed by atoms with Gasteiger partial charge in [0.2, 0.25) is 6.79 Å². The highest BCUT2D eigenvalue weighted by atomic mass is 16.7. The summed E-state index contributed by atoms with van der Waals surface area (Å²) < 4.78 is 18.8. The Labute approximate surface area is 190 Å². The average Bonchev–Trinajstić information content (AvgIpc) is 3.59. The van der Waals surface area contributed by atoms with Gasteiger partial charge in [0, 0.05) is 36.7 Å². The van der Waals surface area contributed by atoms with Crippen molar-refractivity contribution in [1.29, 1.82) is 0 Å². The summed E-state index contributed by atoms with van der Waals surface area (Å²) in [5.74, 6) is 2.21. The van der Waals surface area contributed by atoms with Crippen LogP contribution in [0, 0.1) is 0 Å². The van der Waals surface area contributed by atoms with E-state index in [4.69, 9.17) is 14.2 Å². The SMILES string of the molecule is O=c1[nH]c2cc3c(cc2cc1CN(Cc1nnnn1C1CCCC1)C[C@@H]1CCCO1)OCO3. The molecule has 6 rings (SSSR count). The van der Waals surface area contributed by atoms with Crippen molar-refractivity contribution in [2.75, 3.05) is 19.9 Å². The van der Waals surface area contributed by atoms with E-state index in [0.29, 0.717) is 36.2 Å². The summed E-state index contributed by atoms with van der Waals surface area (Å²) in [7, 11) is 0. The Morgan fingerprint density at radius 2 is 1.91 bits per heavy atom. The number of pyridine rings is 1. The van der Waals surface area contributed by atoms with Crippen LogP contribution in [0.5, 0.6) is 11.5 Å². The highest BCUT2D eigenvalue weighted by Crippen LogP contribution is 2.35. The van der Waals surface area contributed by atoms with Crippen LogP contribution in [0.4, 0.5) is 0 Å². The molecule has 1 aromatic carbocycles. The molecule has 1 saturated carbocycles. The van der Waals surface area contributed by atoms with Crippen LogP contribution in [0.1, 0.15) is 56.0 Å².